The summed E-state index contributed by atoms with van der Waals surface area (Å²) in [5.41, 5.74) is 0. The summed E-state index contributed by atoms with van der Waals surface area (Å²) >= 11 is 0. The molecule has 0 spiro atoms. The molecule has 0 aromatic heterocycles. The first kappa shape index (κ1) is 17.9. The van der Waals surface area contributed by atoms with Crippen LogP contribution in [0, 0.1) is 0 Å². The molecule has 108 valence electrons. The lowest BCUT2D eigenvalue weighted by Gasteiger charge is -2.21. The number of halogens is 1. The molecule has 2 N–H and O–H groups in total. The van der Waals surface area contributed by atoms with Crippen molar-refractivity contribution < 1.29 is 4.74 Å². The number of guanidine groups is 1. The fraction of sp³-hybridized carbons (Fsp3) is 0.917. The van der Waals surface area contributed by atoms with E-state index in [4.69, 9.17) is 4.74 Å². The summed E-state index contributed by atoms with van der Waals surface area (Å²) in [5.74, 6) is 0.866. The van der Waals surface area contributed by atoms with Crippen LogP contribution in [0.1, 0.15) is 19.8 Å². The Bertz CT molecular complexity index is 238. The Kier molecular flexibility index (Phi) is 10.8. The number of rotatable bonds is 6. The van der Waals surface area contributed by atoms with Crippen molar-refractivity contribution in [1.29, 1.82) is 0 Å². The zero-order valence-corrected chi connectivity index (χ0v) is 14.1. The second kappa shape index (κ2) is 10.8. The minimum Gasteiger partial charge on any atom is -0.380 e. The van der Waals surface area contributed by atoms with E-state index in [2.05, 4.69) is 27.6 Å². The zero-order chi connectivity index (χ0) is 12.5. The predicted molar refractivity (Wildman–Crippen MR) is 86.9 cm³/mol. The molecular weight excluding hydrogens is 343 g/mol. The van der Waals surface area contributed by atoms with E-state index in [0.29, 0.717) is 6.04 Å². The summed E-state index contributed by atoms with van der Waals surface area (Å²) in [6.07, 6.45) is 2.58. The molecule has 0 saturated carbocycles. The molecule has 1 atom stereocenters. The highest BCUT2D eigenvalue weighted by Gasteiger charge is 2.20. The van der Waals surface area contributed by atoms with Crippen LogP contribution < -0.4 is 10.6 Å². The van der Waals surface area contributed by atoms with Crippen molar-refractivity contribution in [2.45, 2.75) is 25.8 Å². The second-order valence-electron chi connectivity index (χ2n) is 4.35. The lowest BCUT2D eigenvalue weighted by Crippen LogP contribution is -2.44. The third-order valence-electron chi connectivity index (χ3n) is 3.14. The molecular formula is C12H27IN4O. The normalized spacial score (nSPS) is 20.6. The maximum absolute atomic E-state index is 5.27. The number of ether oxygens (including phenoxy) is 1. The number of hydrogen-bond donors (Lipinski definition) is 2. The van der Waals surface area contributed by atoms with E-state index in [1.165, 1.54) is 19.4 Å². The predicted octanol–water partition coefficient (Wildman–Crippen LogP) is 0.900. The van der Waals surface area contributed by atoms with E-state index in [1.807, 2.05) is 6.92 Å². The van der Waals surface area contributed by atoms with Crippen molar-refractivity contribution in [1.82, 2.24) is 15.5 Å². The molecule has 0 amide bonds. The molecule has 0 radical (unpaired) electrons. The molecule has 1 fully saturated rings. The summed E-state index contributed by atoms with van der Waals surface area (Å²) in [6, 6.07) is 0.639. The Morgan fingerprint density at radius 1 is 1.44 bits per heavy atom. The molecule has 0 aliphatic carbocycles. The first-order valence-electron chi connectivity index (χ1n) is 6.50. The summed E-state index contributed by atoms with van der Waals surface area (Å²) in [4.78, 5) is 6.60. The molecule has 0 bridgehead atoms. The van der Waals surface area contributed by atoms with Crippen LogP contribution in [0.5, 0.6) is 0 Å². The maximum atomic E-state index is 5.27. The second-order valence-corrected chi connectivity index (χ2v) is 4.35. The van der Waals surface area contributed by atoms with E-state index in [9.17, 15) is 0 Å². The Labute approximate surface area is 128 Å². The van der Waals surface area contributed by atoms with Crippen molar-refractivity contribution in [3.8, 4) is 0 Å². The van der Waals surface area contributed by atoms with Gasteiger partial charge in [0.2, 0.25) is 0 Å². The molecule has 18 heavy (non-hydrogen) atoms. The zero-order valence-electron chi connectivity index (χ0n) is 11.7. The Morgan fingerprint density at radius 2 is 2.22 bits per heavy atom. The van der Waals surface area contributed by atoms with Gasteiger partial charge < -0.3 is 20.3 Å². The van der Waals surface area contributed by atoms with Gasteiger partial charge in [0, 0.05) is 32.8 Å². The highest BCUT2D eigenvalue weighted by molar-refractivity contribution is 14.0. The van der Waals surface area contributed by atoms with Crippen LogP contribution in [0.4, 0.5) is 0 Å². The number of likely N-dealkylation sites (N-methyl/N-ethyl adjacent to an activating group) is 1. The smallest absolute Gasteiger partial charge is 0.191 e. The van der Waals surface area contributed by atoms with E-state index in [0.717, 1.165) is 32.3 Å². The molecule has 0 aromatic carbocycles. The number of likely N-dealkylation sites (tertiary alicyclic amines) is 1. The van der Waals surface area contributed by atoms with Crippen molar-refractivity contribution in [3.05, 3.63) is 0 Å². The van der Waals surface area contributed by atoms with Gasteiger partial charge in [-0.25, -0.2) is 0 Å². The van der Waals surface area contributed by atoms with Gasteiger partial charge in [0.25, 0.3) is 0 Å². The lowest BCUT2D eigenvalue weighted by molar-refractivity contribution is 0.152. The van der Waals surface area contributed by atoms with E-state index in [-0.39, 0.29) is 24.0 Å². The Hall–Kier alpha value is -0.0800. The molecule has 1 rings (SSSR count). The lowest BCUT2D eigenvalue weighted by atomic mass is 10.2. The largest absolute Gasteiger partial charge is 0.380 e. The molecule has 1 aliphatic heterocycles. The van der Waals surface area contributed by atoms with Gasteiger partial charge in [-0.3, -0.25) is 4.99 Å². The number of aliphatic imine (C=N–C) groups is 1. The average molecular weight is 370 g/mol. The van der Waals surface area contributed by atoms with E-state index < -0.39 is 0 Å². The molecule has 1 unspecified atom stereocenters. The fourth-order valence-corrected chi connectivity index (χ4v) is 2.06. The van der Waals surface area contributed by atoms with Crippen molar-refractivity contribution in [3.63, 3.8) is 0 Å². The van der Waals surface area contributed by atoms with Gasteiger partial charge in [0.05, 0.1) is 6.61 Å². The monoisotopic (exact) mass is 370 g/mol. The summed E-state index contributed by atoms with van der Waals surface area (Å²) in [7, 11) is 3.99. The Morgan fingerprint density at radius 3 is 2.78 bits per heavy atom. The van der Waals surface area contributed by atoms with Crippen LogP contribution >= 0.6 is 24.0 Å². The third kappa shape index (κ3) is 6.75. The van der Waals surface area contributed by atoms with Gasteiger partial charge in [0.15, 0.2) is 5.96 Å². The molecule has 5 nitrogen and oxygen atoms in total. The fourth-order valence-electron chi connectivity index (χ4n) is 2.06. The Balaban J connectivity index is 0.00000289. The van der Waals surface area contributed by atoms with Crippen LogP contribution in [-0.4, -0.2) is 63.8 Å². The van der Waals surface area contributed by atoms with E-state index >= 15 is 0 Å². The molecule has 1 saturated heterocycles. The topological polar surface area (TPSA) is 48.9 Å². The van der Waals surface area contributed by atoms with Crippen LogP contribution in [0.25, 0.3) is 0 Å². The first-order chi connectivity index (χ1) is 8.27. The number of nitrogens with one attached hydrogen (secondary N) is 2. The highest BCUT2D eigenvalue weighted by Crippen LogP contribution is 2.13. The first-order valence-corrected chi connectivity index (χ1v) is 6.50. The van der Waals surface area contributed by atoms with Gasteiger partial charge in [-0.1, -0.05) is 0 Å². The molecule has 0 aromatic rings. The number of nitrogens with zero attached hydrogens (tertiary/aromatic N) is 2. The van der Waals surface area contributed by atoms with Crippen molar-refractivity contribution in [2.75, 3.05) is 46.9 Å². The minimum atomic E-state index is 0. The van der Waals surface area contributed by atoms with Gasteiger partial charge in [0.1, 0.15) is 0 Å². The quantitative estimate of drug-likeness (QED) is 0.316. The minimum absolute atomic E-state index is 0. The summed E-state index contributed by atoms with van der Waals surface area (Å²) < 4.78 is 5.27. The van der Waals surface area contributed by atoms with Crippen molar-refractivity contribution >= 4 is 29.9 Å². The van der Waals surface area contributed by atoms with E-state index in [1.54, 1.807) is 7.05 Å². The van der Waals surface area contributed by atoms with Crippen LogP contribution in [0.3, 0.4) is 0 Å². The van der Waals surface area contributed by atoms with Crippen LogP contribution in [-0.2, 0) is 4.74 Å². The van der Waals surface area contributed by atoms with Gasteiger partial charge in [-0.2, -0.15) is 0 Å². The maximum Gasteiger partial charge on any atom is 0.191 e. The summed E-state index contributed by atoms with van der Waals surface area (Å²) in [5, 5.41) is 6.60. The van der Waals surface area contributed by atoms with Crippen molar-refractivity contribution in [2.24, 2.45) is 4.99 Å². The molecule has 1 aliphatic rings. The number of hydrogen-bond acceptors (Lipinski definition) is 3. The standard InChI is InChI=1S/C12H26N4O.HI/c1-4-17-9-7-14-12(13-2)15-10-11-6-5-8-16(11)3;/h11H,4-10H2,1-3H3,(H2,13,14,15);1H. The molecule has 6 heteroatoms. The van der Waals surface area contributed by atoms with Gasteiger partial charge in [-0.05, 0) is 33.4 Å². The highest BCUT2D eigenvalue weighted by atomic mass is 127. The third-order valence-corrected chi connectivity index (χ3v) is 3.14. The SMILES string of the molecule is CCOCCNC(=NC)NCC1CCCN1C.I. The van der Waals surface area contributed by atoms with Crippen LogP contribution in [0.15, 0.2) is 4.99 Å². The van der Waals surface area contributed by atoms with Crippen LogP contribution in [0.2, 0.25) is 0 Å². The molecule has 1 heterocycles. The van der Waals surface area contributed by atoms with Gasteiger partial charge >= 0.3 is 0 Å². The average Bonchev–Trinajstić information content (AvgIpc) is 2.74. The summed E-state index contributed by atoms with van der Waals surface area (Å²) in [6.45, 7) is 6.46. The van der Waals surface area contributed by atoms with Gasteiger partial charge in [-0.15, -0.1) is 24.0 Å².